The molecule has 4 saturated carbocycles. The van der Waals surface area contributed by atoms with Crippen LogP contribution in [0.25, 0.3) is 0 Å². The van der Waals surface area contributed by atoms with E-state index in [1.807, 2.05) is 4.90 Å². The van der Waals surface area contributed by atoms with Crippen molar-refractivity contribution in [3.05, 3.63) is 16.9 Å². The fourth-order valence-corrected chi connectivity index (χ4v) is 15.4. The Labute approximate surface area is 433 Å². The highest BCUT2D eigenvalue weighted by Gasteiger charge is 2.70. The van der Waals surface area contributed by atoms with Crippen LogP contribution in [0.15, 0.2) is 16.9 Å². The quantitative estimate of drug-likeness (QED) is 0.0306. The van der Waals surface area contributed by atoms with Gasteiger partial charge in [-0.15, -0.1) is 5.01 Å². The van der Waals surface area contributed by atoms with Gasteiger partial charge in [-0.2, -0.15) is 0 Å². The molecule has 0 aromatic carbocycles. The number of ether oxygens (including phenoxy) is 5. The van der Waals surface area contributed by atoms with Crippen molar-refractivity contribution in [3.8, 4) is 0 Å². The summed E-state index contributed by atoms with van der Waals surface area (Å²) in [7, 11) is 0. The average Bonchev–Trinajstić information content (AvgIpc) is 3.36. The lowest BCUT2D eigenvalue weighted by Crippen LogP contribution is -2.65. The van der Waals surface area contributed by atoms with Gasteiger partial charge in [-0.05, 0) is 104 Å². The molecule has 8 aliphatic rings. The maximum atomic E-state index is 14.6. The first-order valence-electron chi connectivity index (χ1n) is 27.0. The van der Waals surface area contributed by atoms with E-state index in [-0.39, 0.29) is 82.5 Å². The van der Waals surface area contributed by atoms with Gasteiger partial charge in [-0.3, -0.25) is 19.3 Å². The molecule has 0 spiro atoms. The SMILES string of the molecule is CC1(C)CC[C@]2(C(=O)O[C@@H]3O[C@H](CO)[C@H](O)[C@H](O)[C@H]3O)CC[C@]3(C)C(=CC[C@@H]4[C@@]5(C)CC[C@H](OC(=O)CCC(=O)OCCN6CCN(/[N+]([O-])=N/O[C@@H]7O[C@H](CO)[C@H](O)[C@H](O)[C@H]7O)CC6)C(C)(C)[C@@H]5CC[C@]43C)[C@@H]2C1. The molecule has 0 aromatic heterocycles. The highest BCUT2D eigenvalue weighted by atomic mass is 16.8. The van der Waals surface area contributed by atoms with Gasteiger partial charge in [0, 0.05) is 25.0 Å². The number of hydrazine groups is 1. The molecule has 0 unspecified atom stereocenters. The number of allylic oxidation sites excluding steroid dienone is 2. The van der Waals surface area contributed by atoms with Crippen LogP contribution in [-0.4, -0.2) is 194 Å². The minimum atomic E-state index is -1.71. The number of nitrogens with zero attached hydrogens (tertiary/aromatic N) is 4. The third-order valence-corrected chi connectivity index (χ3v) is 20.2. The molecule has 3 saturated heterocycles. The van der Waals surface area contributed by atoms with E-state index in [0.717, 1.165) is 44.9 Å². The van der Waals surface area contributed by atoms with Crippen LogP contribution in [0, 0.1) is 55.5 Å². The standard InChI is InChI=1S/C52H84N4O18/c1-47(2)16-18-52(46(67)73-44-42(65)40(63)38(61)31(27-57)70-44)19-17-50(6)29(30(52)26-47)8-9-34-49(5)14-13-35(48(3,4)33(49)12-15-51(34,50)7)72-37(60)11-10-36(59)69-25-24-54-20-22-55(23-21-54)56(68)53-74-45-43(66)41(64)39(62)32(28-58)71-45/h8,30-35,38-45,57-58,61-66H,9-28H2,1-7H3/b56-53-/t30-,31+,32+,33-,34+,35-,38-,39-,40-,41-,42+,43+,44-,45-,49-,50+,51+,52-/m0/s1. The average molecular weight is 1050 g/mol. The number of rotatable bonds is 14. The minimum absolute atomic E-state index is 0.0370. The fourth-order valence-electron chi connectivity index (χ4n) is 15.4. The molecule has 0 aromatic rings. The Morgan fingerprint density at radius 2 is 1.34 bits per heavy atom. The number of fused-ring (bicyclic) bond motifs is 7. The van der Waals surface area contributed by atoms with E-state index < -0.39 is 97.9 Å². The second-order valence-electron chi connectivity index (χ2n) is 25.0. The predicted molar refractivity (Wildman–Crippen MR) is 258 cm³/mol. The van der Waals surface area contributed by atoms with Crippen molar-refractivity contribution < 1.29 is 88.7 Å². The van der Waals surface area contributed by atoms with Crippen molar-refractivity contribution in [1.82, 2.24) is 9.91 Å². The molecule has 8 N–H and O–H groups in total. The molecule has 22 nitrogen and oxygen atoms in total. The van der Waals surface area contributed by atoms with E-state index in [9.17, 15) is 60.4 Å². The first-order valence-corrected chi connectivity index (χ1v) is 27.0. The molecule has 420 valence electrons. The van der Waals surface area contributed by atoms with Gasteiger partial charge in [-0.25, -0.2) is 0 Å². The number of hydrogen-bond acceptors (Lipinski definition) is 20. The Hall–Kier alpha value is -3.29. The summed E-state index contributed by atoms with van der Waals surface area (Å²) in [6, 6.07) is 0. The summed E-state index contributed by atoms with van der Waals surface area (Å²) in [6.45, 7) is 16.8. The molecule has 74 heavy (non-hydrogen) atoms. The van der Waals surface area contributed by atoms with Crippen molar-refractivity contribution in [2.45, 2.75) is 193 Å². The molecule has 5 aliphatic carbocycles. The molecule has 0 amide bonds. The third kappa shape index (κ3) is 10.2. The molecule has 7 fully saturated rings. The van der Waals surface area contributed by atoms with Crippen molar-refractivity contribution >= 4 is 17.9 Å². The van der Waals surface area contributed by atoms with Crippen LogP contribution in [0.5, 0.6) is 0 Å². The molecule has 3 heterocycles. The summed E-state index contributed by atoms with van der Waals surface area (Å²) in [5, 5.41) is 98.2. The lowest BCUT2D eigenvalue weighted by atomic mass is 9.33. The number of esters is 3. The highest BCUT2D eigenvalue weighted by Crippen LogP contribution is 2.76. The lowest BCUT2D eigenvalue weighted by Gasteiger charge is -2.71. The number of piperazine rings is 1. The third-order valence-electron chi connectivity index (χ3n) is 20.2. The molecule has 8 rings (SSSR count). The van der Waals surface area contributed by atoms with E-state index in [2.05, 4.69) is 59.8 Å². The van der Waals surface area contributed by atoms with Crippen LogP contribution in [0.2, 0.25) is 0 Å². The maximum Gasteiger partial charge on any atom is 0.315 e. The van der Waals surface area contributed by atoms with Gasteiger partial charge in [0.15, 0.2) is 0 Å². The Bertz CT molecular complexity index is 2100. The van der Waals surface area contributed by atoms with Crippen molar-refractivity contribution in [1.29, 1.82) is 0 Å². The van der Waals surface area contributed by atoms with E-state index in [4.69, 9.17) is 28.5 Å². The first kappa shape index (κ1) is 56.9. The number of carbonyl (C=O) groups excluding carboxylic acids is 3. The lowest BCUT2D eigenvalue weighted by molar-refractivity contribution is -0.716. The Morgan fingerprint density at radius 1 is 0.730 bits per heavy atom. The zero-order chi connectivity index (χ0) is 53.9. The van der Waals surface area contributed by atoms with Gasteiger partial charge >= 0.3 is 17.9 Å². The Balaban J connectivity index is 0.825. The summed E-state index contributed by atoms with van der Waals surface area (Å²) in [5.41, 5.74) is -0.330. The van der Waals surface area contributed by atoms with Crippen LogP contribution < -0.4 is 0 Å². The monoisotopic (exact) mass is 1050 g/mol. The summed E-state index contributed by atoms with van der Waals surface area (Å²) < 4.78 is 28.6. The summed E-state index contributed by atoms with van der Waals surface area (Å²) in [5.74, 6) is -0.956. The minimum Gasteiger partial charge on any atom is -0.569 e. The second-order valence-corrected chi connectivity index (χ2v) is 25.0. The smallest absolute Gasteiger partial charge is 0.315 e. The molecular weight excluding hydrogens is 969 g/mol. The van der Waals surface area contributed by atoms with Gasteiger partial charge in [0.25, 0.3) is 6.29 Å². The normalized spacial score (nSPS) is 44.1. The number of hydrogen-bond donors (Lipinski definition) is 8. The maximum absolute atomic E-state index is 14.6. The van der Waals surface area contributed by atoms with Gasteiger partial charge in [-0.1, -0.05) is 60.1 Å². The molecule has 22 heteroatoms. The number of carbonyl (C=O) groups is 3. The molecule has 3 aliphatic heterocycles. The van der Waals surface area contributed by atoms with Gasteiger partial charge in [0.1, 0.15) is 61.5 Å². The molecule has 0 radical (unpaired) electrons. The van der Waals surface area contributed by atoms with E-state index >= 15 is 0 Å². The molecule has 0 bridgehead atoms. The summed E-state index contributed by atoms with van der Waals surface area (Å²) in [6.07, 6.45) is -5.60. The van der Waals surface area contributed by atoms with E-state index in [1.54, 1.807) is 0 Å². The summed E-state index contributed by atoms with van der Waals surface area (Å²) in [4.78, 5) is 48.1. The molecular formula is C52H84N4O18. The summed E-state index contributed by atoms with van der Waals surface area (Å²) >= 11 is 0. The van der Waals surface area contributed by atoms with E-state index in [1.165, 1.54) is 10.6 Å². The Morgan fingerprint density at radius 3 is 1.99 bits per heavy atom. The Kier molecular flexibility index (Phi) is 16.5. The van der Waals surface area contributed by atoms with Gasteiger partial charge < -0.3 is 74.6 Å². The number of aliphatic hydroxyl groups excluding tert-OH is 8. The van der Waals surface area contributed by atoms with Gasteiger partial charge in [0.2, 0.25) is 11.6 Å². The van der Waals surface area contributed by atoms with Crippen molar-refractivity contribution in [2.24, 2.45) is 55.5 Å². The molecule has 18 atom stereocenters. The topological polar surface area (TPSA) is 313 Å². The van der Waals surface area contributed by atoms with Crippen LogP contribution in [0.3, 0.4) is 0 Å². The fraction of sp³-hybridized carbons (Fsp3) is 0.904. The predicted octanol–water partition coefficient (Wildman–Crippen LogP) is 1.59. The van der Waals surface area contributed by atoms with Gasteiger partial charge in [0.05, 0.1) is 49.5 Å². The zero-order valence-electron chi connectivity index (χ0n) is 44.3. The van der Waals surface area contributed by atoms with Crippen molar-refractivity contribution in [3.63, 3.8) is 0 Å². The second kappa shape index (κ2) is 21.5. The number of aliphatic hydroxyl groups is 8. The van der Waals surface area contributed by atoms with Crippen LogP contribution >= 0.6 is 0 Å². The zero-order valence-corrected chi connectivity index (χ0v) is 44.3. The van der Waals surface area contributed by atoms with Crippen LogP contribution in [0.1, 0.15) is 126 Å². The van der Waals surface area contributed by atoms with Crippen LogP contribution in [-0.2, 0) is 42.9 Å². The highest BCUT2D eigenvalue weighted by molar-refractivity contribution is 5.79. The largest absolute Gasteiger partial charge is 0.569 e. The van der Waals surface area contributed by atoms with Crippen LogP contribution in [0.4, 0.5) is 0 Å². The van der Waals surface area contributed by atoms with E-state index in [0.29, 0.717) is 44.8 Å². The first-order chi connectivity index (χ1) is 34.8. The van der Waals surface area contributed by atoms with Crippen molar-refractivity contribution in [2.75, 3.05) is 52.5 Å².